The third-order valence-electron chi connectivity index (χ3n) is 5.31. The molecule has 0 radical (unpaired) electrons. The Hall–Kier alpha value is 0.177. The van der Waals surface area contributed by atoms with Crippen molar-refractivity contribution in [1.82, 2.24) is 4.98 Å². The molecule has 0 saturated heterocycles. The standard InChI is InChI=1S/C16H35NSi/c1-10-14-11(2)12(3)15(13(14)4)18(8,9)17-16(5,6)7/h11-15,17H,10H2,1-9H3. The number of nitrogens with one attached hydrogen (secondary N) is 1. The third kappa shape index (κ3) is 3.19. The van der Waals surface area contributed by atoms with Crippen molar-refractivity contribution < 1.29 is 0 Å². The summed E-state index contributed by atoms with van der Waals surface area (Å²) in [5.41, 5.74) is 1.17. The number of hydrogen-bond acceptors (Lipinski definition) is 1. The first-order valence-electron chi connectivity index (χ1n) is 7.80. The van der Waals surface area contributed by atoms with Crippen LogP contribution < -0.4 is 4.98 Å². The Morgan fingerprint density at radius 1 is 0.944 bits per heavy atom. The van der Waals surface area contributed by atoms with E-state index >= 15 is 0 Å². The van der Waals surface area contributed by atoms with E-state index in [1.807, 2.05) is 0 Å². The fourth-order valence-corrected chi connectivity index (χ4v) is 10.3. The molecule has 1 N–H and O–H groups in total. The molecule has 1 aliphatic rings. The Morgan fingerprint density at radius 2 is 1.44 bits per heavy atom. The quantitative estimate of drug-likeness (QED) is 0.719. The van der Waals surface area contributed by atoms with Gasteiger partial charge in [0.15, 0.2) is 0 Å². The zero-order valence-electron chi connectivity index (χ0n) is 14.1. The van der Waals surface area contributed by atoms with E-state index in [9.17, 15) is 0 Å². The average Bonchev–Trinajstić information content (AvgIpc) is 2.34. The van der Waals surface area contributed by atoms with Crippen LogP contribution in [0.15, 0.2) is 0 Å². The molecular formula is C16H35NSi. The lowest BCUT2D eigenvalue weighted by atomic mass is 9.88. The van der Waals surface area contributed by atoms with Crippen molar-refractivity contribution in [3.63, 3.8) is 0 Å². The molecule has 1 rings (SSSR count). The van der Waals surface area contributed by atoms with Crippen molar-refractivity contribution in [3.05, 3.63) is 0 Å². The van der Waals surface area contributed by atoms with Gasteiger partial charge in [0.25, 0.3) is 0 Å². The van der Waals surface area contributed by atoms with Crippen molar-refractivity contribution >= 4 is 8.24 Å². The third-order valence-corrected chi connectivity index (χ3v) is 9.43. The van der Waals surface area contributed by atoms with Crippen LogP contribution >= 0.6 is 0 Å². The molecule has 1 fully saturated rings. The Morgan fingerprint density at radius 3 is 1.78 bits per heavy atom. The van der Waals surface area contributed by atoms with Crippen LogP contribution in [-0.4, -0.2) is 13.8 Å². The van der Waals surface area contributed by atoms with Gasteiger partial charge in [0.1, 0.15) is 8.24 Å². The van der Waals surface area contributed by atoms with Crippen molar-refractivity contribution in [1.29, 1.82) is 0 Å². The van der Waals surface area contributed by atoms with Gasteiger partial charge in [-0.3, -0.25) is 0 Å². The van der Waals surface area contributed by atoms with Gasteiger partial charge in [0.2, 0.25) is 0 Å². The molecule has 0 bridgehead atoms. The topological polar surface area (TPSA) is 12.0 Å². The van der Waals surface area contributed by atoms with Gasteiger partial charge in [-0.15, -0.1) is 0 Å². The van der Waals surface area contributed by atoms with Crippen LogP contribution in [0, 0.1) is 23.7 Å². The highest BCUT2D eigenvalue weighted by Gasteiger charge is 2.50. The first-order chi connectivity index (χ1) is 8.01. The van der Waals surface area contributed by atoms with Crippen LogP contribution in [0.4, 0.5) is 0 Å². The van der Waals surface area contributed by atoms with Gasteiger partial charge >= 0.3 is 0 Å². The second-order valence-electron chi connectivity index (χ2n) is 8.27. The van der Waals surface area contributed by atoms with Gasteiger partial charge in [-0.05, 0) is 50.0 Å². The fraction of sp³-hybridized carbons (Fsp3) is 1.00. The van der Waals surface area contributed by atoms with Crippen molar-refractivity contribution in [3.8, 4) is 0 Å². The van der Waals surface area contributed by atoms with Gasteiger partial charge in [-0.1, -0.05) is 47.2 Å². The smallest absolute Gasteiger partial charge is 0.123 e. The minimum absolute atomic E-state index is 0.253. The SMILES string of the molecule is CCC1C(C)C(C)C([Si](C)(C)NC(C)(C)C)C1C. The molecular weight excluding hydrogens is 234 g/mol. The lowest BCUT2D eigenvalue weighted by Crippen LogP contribution is -2.58. The minimum atomic E-state index is -1.38. The van der Waals surface area contributed by atoms with Gasteiger partial charge in [-0.2, -0.15) is 0 Å². The molecule has 0 spiro atoms. The average molecular weight is 270 g/mol. The molecule has 0 aromatic heterocycles. The summed E-state index contributed by atoms with van der Waals surface area (Å²) in [7, 11) is -1.38. The number of hydrogen-bond donors (Lipinski definition) is 1. The van der Waals surface area contributed by atoms with Crippen LogP contribution in [0.5, 0.6) is 0 Å². The van der Waals surface area contributed by atoms with Crippen LogP contribution in [0.1, 0.15) is 54.9 Å². The van der Waals surface area contributed by atoms with Crippen LogP contribution in [0.25, 0.3) is 0 Å². The zero-order chi connectivity index (χ0) is 14.3. The van der Waals surface area contributed by atoms with E-state index in [2.05, 4.69) is 66.5 Å². The fourth-order valence-electron chi connectivity index (χ4n) is 5.05. The van der Waals surface area contributed by atoms with E-state index in [-0.39, 0.29) is 5.54 Å². The maximum absolute atomic E-state index is 4.00. The summed E-state index contributed by atoms with van der Waals surface area (Å²) in [6.45, 7) is 21.9. The predicted molar refractivity (Wildman–Crippen MR) is 85.4 cm³/mol. The monoisotopic (exact) mass is 269 g/mol. The van der Waals surface area contributed by atoms with Gasteiger partial charge < -0.3 is 4.98 Å². The first kappa shape index (κ1) is 16.2. The normalized spacial score (nSPS) is 38.2. The van der Waals surface area contributed by atoms with Crippen molar-refractivity contribution in [2.75, 3.05) is 0 Å². The van der Waals surface area contributed by atoms with Crippen LogP contribution in [-0.2, 0) is 0 Å². The summed E-state index contributed by atoms with van der Waals surface area (Å²) < 4.78 is 0. The van der Waals surface area contributed by atoms with E-state index in [1.165, 1.54) is 6.42 Å². The van der Waals surface area contributed by atoms with Gasteiger partial charge in [0.05, 0.1) is 0 Å². The molecule has 5 atom stereocenters. The lowest BCUT2D eigenvalue weighted by Gasteiger charge is -2.42. The molecule has 18 heavy (non-hydrogen) atoms. The molecule has 5 unspecified atom stereocenters. The molecule has 2 heteroatoms. The molecule has 0 aromatic rings. The second kappa shape index (κ2) is 5.28. The Kier molecular flexibility index (Phi) is 4.76. The van der Waals surface area contributed by atoms with E-state index in [0.29, 0.717) is 0 Å². The zero-order valence-corrected chi connectivity index (χ0v) is 15.1. The Balaban J connectivity index is 2.94. The summed E-state index contributed by atoms with van der Waals surface area (Å²) in [4.78, 5) is 4.00. The summed E-state index contributed by atoms with van der Waals surface area (Å²) >= 11 is 0. The molecule has 0 aliphatic heterocycles. The van der Waals surface area contributed by atoms with Crippen LogP contribution in [0.2, 0.25) is 18.6 Å². The highest BCUT2D eigenvalue weighted by atomic mass is 28.3. The summed E-state index contributed by atoms with van der Waals surface area (Å²) in [6, 6.07) is 0. The Bertz CT molecular complexity index is 279. The predicted octanol–water partition coefficient (Wildman–Crippen LogP) is 4.90. The Labute approximate surface area is 116 Å². The summed E-state index contributed by atoms with van der Waals surface area (Å²) in [5, 5.41) is 0. The van der Waals surface area contributed by atoms with Gasteiger partial charge in [-0.25, -0.2) is 0 Å². The maximum Gasteiger partial charge on any atom is 0.123 e. The van der Waals surface area contributed by atoms with E-state index in [1.54, 1.807) is 0 Å². The molecule has 1 aliphatic carbocycles. The largest absolute Gasteiger partial charge is 0.332 e. The van der Waals surface area contributed by atoms with E-state index < -0.39 is 8.24 Å². The molecule has 1 nitrogen and oxygen atoms in total. The highest BCUT2D eigenvalue weighted by Crippen LogP contribution is 2.54. The molecule has 0 heterocycles. The number of rotatable bonds is 3. The molecule has 0 aromatic carbocycles. The molecule has 108 valence electrons. The molecule has 1 saturated carbocycles. The van der Waals surface area contributed by atoms with Crippen molar-refractivity contribution in [2.24, 2.45) is 23.7 Å². The van der Waals surface area contributed by atoms with E-state index in [4.69, 9.17) is 0 Å². The van der Waals surface area contributed by atoms with Gasteiger partial charge in [0, 0.05) is 5.54 Å². The summed E-state index contributed by atoms with van der Waals surface area (Å²) in [6.07, 6.45) is 1.35. The summed E-state index contributed by atoms with van der Waals surface area (Å²) in [5.74, 6) is 3.58. The maximum atomic E-state index is 4.00. The van der Waals surface area contributed by atoms with Crippen LogP contribution in [0.3, 0.4) is 0 Å². The second-order valence-corrected chi connectivity index (χ2v) is 12.6. The minimum Gasteiger partial charge on any atom is -0.332 e. The lowest BCUT2D eigenvalue weighted by molar-refractivity contribution is 0.314. The highest BCUT2D eigenvalue weighted by molar-refractivity contribution is 6.76. The van der Waals surface area contributed by atoms with Crippen molar-refractivity contribution in [2.45, 2.75) is 79.1 Å². The van der Waals surface area contributed by atoms with E-state index in [0.717, 1.165) is 29.2 Å². The first-order valence-corrected chi connectivity index (χ1v) is 10.9. The molecule has 0 amide bonds.